The van der Waals surface area contributed by atoms with Gasteiger partial charge in [0.05, 0.1) is 4.92 Å². The number of benzene rings is 1. The summed E-state index contributed by atoms with van der Waals surface area (Å²) in [6.07, 6.45) is 1.12. The summed E-state index contributed by atoms with van der Waals surface area (Å²) in [7, 11) is 0. The van der Waals surface area contributed by atoms with E-state index in [4.69, 9.17) is 5.73 Å². The molecule has 0 heterocycles. The van der Waals surface area contributed by atoms with Gasteiger partial charge in [0.15, 0.2) is 0 Å². The van der Waals surface area contributed by atoms with Gasteiger partial charge in [-0.25, -0.2) is 0 Å². The Kier molecular flexibility index (Phi) is 9.06. The lowest BCUT2D eigenvalue weighted by Gasteiger charge is -2.06. The van der Waals surface area contributed by atoms with E-state index in [0.29, 0.717) is 32.5 Å². The van der Waals surface area contributed by atoms with Gasteiger partial charge in [-0.1, -0.05) is 0 Å². The summed E-state index contributed by atoms with van der Waals surface area (Å²) in [4.78, 5) is 21.3. The molecule has 0 aliphatic rings. The Balaban J connectivity index is 0.00000361. The second-order valence-corrected chi connectivity index (χ2v) is 3.97. The third-order valence-electron chi connectivity index (χ3n) is 2.45. The number of nitrogens with one attached hydrogen (secondary N) is 2. The highest BCUT2D eigenvalue weighted by atomic mass is 35.5. The van der Waals surface area contributed by atoms with Crippen LogP contribution < -0.4 is 16.4 Å². The Morgan fingerprint density at radius 2 is 1.90 bits per heavy atom. The number of nitrogens with zero attached hydrogens (tertiary/aromatic N) is 1. The van der Waals surface area contributed by atoms with Crippen LogP contribution in [0, 0.1) is 10.1 Å². The molecular formula is C12H19ClN4O3. The molecule has 0 bridgehead atoms. The summed E-state index contributed by atoms with van der Waals surface area (Å²) < 4.78 is 0. The minimum Gasteiger partial charge on any atom is -0.385 e. The number of carbonyl (C=O) groups excluding carboxylic acids is 1. The van der Waals surface area contributed by atoms with E-state index in [0.717, 1.165) is 5.69 Å². The number of nitro benzene ring substituents is 1. The van der Waals surface area contributed by atoms with Gasteiger partial charge in [-0.15, -0.1) is 12.4 Å². The normalized spacial score (nSPS) is 9.45. The number of nitro groups is 1. The van der Waals surface area contributed by atoms with Crippen molar-refractivity contribution in [1.29, 1.82) is 0 Å². The van der Waals surface area contributed by atoms with Crippen LogP contribution in [0.5, 0.6) is 0 Å². The fraction of sp³-hybridized carbons (Fsp3) is 0.417. The molecule has 0 fully saturated rings. The van der Waals surface area contributed by atoms with Gasteiger partial charge in [0.1, 0.15) is 0 Å². The Bertz CT molecular complexity index is 425. The highest BCUT2D eigenvalue weighted by Gasteiger charge is 2.03. The quantitative estimate of drug-likeness (QED) is 0.381. The second-order valence-electron chi connectivity index (χ2n) is 3.97. The van der Waals surface area contributed by atoms with Gasteiger partial charge in [0.25, 0.3) is 5.69 Å². The summed E-state index contributed by atoms with van der Waals surface area (Å²) in [5.41, 5.74) is 6.13. The van der Waals surface area contributed by atoms with Crippen LogP contribution in [0.2, 0.25) is 0 Å². The number of amides is 1. The number of nitrogens with two attached hydrogens (primary N) is 1. The van der Waals surface area contributed by atoms with Crippen molar-refractivity contribution in [3.63, 3.8) is 0 Å². The van der Waals surface area contributed by atoms with Crippen molar-refractivity contribution < 1.29 is 9.72 Å². The third kappa shape index (κ3) is 6.91. The monoisotopic (exact) mass is 302 g/mol. The van der Waals surface area contributed by atoms with Crippen molar-refractivity contribution in [3.05, 3.63) is 34.4 Å². The van der Waals surface area contributed by atoms with E-state index in [1.807, 2.05) is 0 Å². The fourth-order valence-electron chi connectivity index (χ4n) is 1.48. The number of rotatable bonds is 8. The average molecular weight is 303 g/mol. The van der Waals surface area contributed by atoms with Gasteiger partial charge in [0, 0.05) is 43.9 Å². The van der Waals surface area contributed by atoms with Gasteiger partial charge in [-0.05, 0) is 18.6 Å². The van der Waals surface area contributed by atoms with Crippen LogP contribution in [0.15, 0.2) is 24.3 Å². The molecule has 0 radical (unpaired) electrons. The maximum Gasteiger partial charge on any atom is 0.269 e. The minimum atomic E-state index is -0.439. The zero-order valence-corrected chi connectivity index (χ0v) is 11.8. The SMILES string of the molecule is Cl.NCCNC(=O)CCCNc1ccc([N+](=O)[O-])cc1. The van der Waals surface area contributed by atoms with Gasteiger partial charge in [-0.2, -0.15) is 0 Å². The average Bonchev–Trinajstić information content (AvgIpc) is 2.41. The predicted molar refractivity (Wildman–Crippen MR) is 80.1 cm³/mol. The first-order valence-electron chi connectivity index (χ1n) is 6.08. The molecule has 0 aromatic heterocycles. The lowest BCUT2D eigenvalue weighted by molar-refractivity contribution is -0.384. The molecule has 112 valence electrons. The van der Waals surface area contributed by atoms with Crippen LogP contribution in [-0.4, -0.2) is 30.5 Å². The Morgan fingerprint density at radius 1 is 1.25 bits per heavy atom. The Morgan fingerprint density at radius 3 is 2.45 bits per heavy atom. The van der Waals surface area contributed by atoms with Gasteiger partial charge in [0.2, 0.25) is 5.91 Å². The van der Waals surface area contributed by atoms with E-state index in [-0.39, 0.29) is 24.0 Å². The van der Waals surface area contributed by atoms with Crippen LogP contribution >= 0.6 is 12.4 Å². The Hall–Kier alpha value is -1.86. The number of hydrogen-bond acceptors (Lipinski definition) is 5. The van der Waals surface area contributed by atoms with Crippen LogP contribution in [0.3, 0.4) is 0 Å². The molecule has 1 amide bonds. The van der Waals surface area contributed by atoms with Crippen molar-refractivity contribution in [2.45, 2.75) is 12.8 Å². The van der Waals surface area contributed by atoms with Crippen LogP contribution in [-0.2, 0) is 4.79 Å². The van der Waals surface area contributed by atoms with Crippen LogP contribution in [0.25, 0.3) is 0 Å². The zero-order valence-electron chi connectivity index (χ0n) is 11.0. The van der Waals surface area contributed by atoms with Gasteiger partial charge in [-0.3, -0.25) is 14.9 Å². The molecule has 0 atom stereocenters. The van der Waals surface area contributed by atoms with Crippen molar-refractivity contribution in [3.8, 4) is 0 Å². The van der Waals surface area contributed by atoms with Gasteiger partial charge < -0.3 is 16.4 Å². The van der Waals surface area contributed by atoms with Gasteiger partial charge >= 0.3 is 0 Å². The molecule has 0 unspecified atom stereocenters. The molecule has 20 heavy (non-hydrogen) atoms. The first-order valence-corrected chi connectivity index (χ1v) is 6.08. The van der Waals surface area contributed by atoms with Crippen LogP contribution in [0.1, 0.15) is 12.8 Å². The number of hydrogen-bond donors (Lipinski definition) is 3. The van der Waals surface area contributed by atoms with Crippen molar-refractivity contribution >= 4 is 29.7 Å². The molecule has 1 aromatic rings. The topological polar surface area (TPSA) is 110 Å². The lowest BCUT2D eigenvalue weighted by Crippen LogP contribution is -2.29. The summed E-state index contributed by atoms with van der Waals surface area (Å²) >= 11 is 0. The zero-order chi connectivity index (χ0) is 14.1. The molecule has 1 aromatic carbocycles. The van der Waals surface area contributed by atoms with Crippen molar-refractivity contribution in [1.82, 2.24) is 5.32 Å². The third-order valence-corrected chi connectivity index (χ3v) is 2.45. The second kappa shape index (κ2) is 9.99. The highest BCUT2D eigenvalue weighted by Crippen LogP contribution is 2.15. The molecule has 0 aliphatic heterocycles. The number of anilines is 1. The maximum atomic E-state index is 11.3. The molecule has 4 N–H and O–H groups in total. The molecule has 7 nitrogen and oxygen atoms in total. The highest BCUT2D eigenvalue weighted by molar-refractivity contribution is 5.85. The standard InChI is InChI=1S/C12H18N4O3.ClH/c13-7-9-15-12(17)2-1-8-14-10-3-5-11(6-4-10)16(18)19;/h3-6,14H,1-2,7-9,13H2,(H,15,17);1H. The predicted octanol–water partition coefficient (Wildman–Crippen LogP) is 1.28. The summed E-state index contributed by atoms with van der Waals surface area (Å²) in [5, 5.41) is 16.2. The molecule has 0 aliphatic carbocycles. The summed E-state index contributed by atoms with van der Waals surface area (Å²) in [6.45, 7) is 1.56. The van der Waals surface area contributed by atoms with E-state index in [1.165, 1.54) is 12.1 Å². The molecule has 1 rings (SSSR count). The molecule has 0 saturated carbocycles. The largest absolute Gasteiger partial charge is 0.385 e. The van der Waals surface area contributed by atoms with E-state index in [9.17, 15) is 14.9 Å². The van der Waals surface area contributed by atoms with E-state index < -0.39 is 4.92 Å². The summed E-state index contributed by atoms with van der Waals surface area (Å²) in [5.74, 6) is -0.0176. The number of halogens is 1. The first kappa shape index (κ1) is 18.1. The number of carbonyl (C=O) groups is 1. The van der Waals surface area contributed by atoms with Crippen molar-refractivity contribution in [2.24, 2.45) is 5.73 Å². The number of non-ortho nitro benzene ring substituents is 1. The lowest BCUT2D eigenvalue weighted by atomic mass is 10.2. The van der Waals surface area contributed by atoms with Crippen molar-refractivity contribution in [2.75, 3.05) is 25.0 Å². The van der Waals surface area contributed by atoms with E-state index in [1.54, 1.807) is 12.1 Å². The fourth-order valence-corrected chi connectivity index (χ4v) is 1.48. The van der Waals surface area contributed by atoms with E-state index >= 15 is 0 Å². The van der Waals surface area contributed by atoms with Crippen LogP contribution in [0.4, 0.5) is 11.4 Å². The molecule has 0 saturated heterocycles. The molecular weight excluding hydrogens is 284 g/mol. The molecule has 0 spiro atoms. The van der Waals surface area contributed by atoms with E-state index in [2.05, 4.69) is 10.6 Å². The summed E-state index contributed by atoms with van der Waals surface area (Å²) in [6, 6.07) is 6.17. The minimum absolute atomic E-state index is 0. The first-order chi connectivity index (χ1) is 9.13. The maximum absolute atomic E-state index is 11.3. The Labute approximate surface area is 123 Å². The molecule has 8 heteroatoms. The smallest absolute Gasteiger partial charge is 0.269 e.